The average molecular weight is 169 g/mol. The Hall–Kier alpha value is 0.0200. The van der Waals surface area contributed by atoms with Crippen molar-refractivity contribution in [3.8, 4) is 0 Å². The highest BCUT2D eigenvalue weighted by atomic mass is 32.2. The van der Waals surface area contributed by atoms with Crippen molar-refractivity contribution in [2.45, 2.75) is 32.7 Å². The number of thioether (sulfide) groups is 1. The lowest BCUT2D eigenvalue weighted by Gasteiger charge is -2.46. The zero-order chi connectivity index (χ0) is 8.06. The van der Waals surface area contributed by atoms with Crippen LogP contribution in [0.25, 0.3) is 0 Å². The molecule has 1 fully saturated rings. The van der Waals surface area contributed by atoms with E-state index in [2.05, 4.69) is 25.1 Å². The van der Waals surface area contributed by atoms with Crippen LogP contribution in [0.5, 0.6) is 0 Å². The molecule has 1 saturated carbocycles. The van der Waals surface area contributed by atoms with Crippen molar-refractivity contribution < 1.29 is 0 Å². The third kappa shape index (κ3) is 1.03. The molecule has 2 heteroatoms. The minimum atomic E-state index is 0.575. The molecule has 2 rings (SSSR count). The summed E-state index contributed by atoms with van der Waals surface area (Å²) in [7, 11) is 0. The third-order valence-corrected chi connectivity index (χ3v) is 3.89. The Morgan fingerprint density at radius 3 is 2.73 bits per heavy atom. The molecule has 1 nitrogen and oxygen atoms in total. The van der Waals surface area contributed by atoms with Crippen LogP contribution in [-0.4, -0.2) is 17.3 Å². The highest BCUT2D eigenvalue weighted by molar-refractivity contribution is 8.13. The average Bonchev–Trinajstić information content (AvgIpc) is 2.27. The molecule has 1 aliphatic heterocycles. The smallest absolute Gasteiger partial charge is 0.0680 e. The SMILES string of the molecule is CSC1=NC2CC(C)(C)C2C1. The van der Waals surface area contributed by atoms with Crippen LogP contribution in [0.3, 0.4) is 0 Å². The predicted octanol–water partition coefficient (Wildman–Crippen LogP) is 2.57. The topological polar surface area (TPSA) is 12.4 Å². The Bertz CT molecular complexity index is 208. The van der Waals surface area contributed by atoms with Crippen LogP contribution in [0.2, 0.25) is 0 Å². The molecule has 1 heterocycles. The van der Waals surface area contributed by atoms with Crippen LogP contribution in [0.15, 0.2) is 4.99 Å². The van der Waals surface area contributed by atoms with Crippen LogP contribution >= 0.6 is 11.8 Å². The highest BCUT2D eigenvalue weighted by Crippen LogP contribution is 2.53. The molecule has 0 aromatic rings. The molecule has 0 amide bonds. The molecular formula is C9H15NS. The van der Waals surface area contributed by atoms with E-state index in [4.69, 9.17) is 0 Å². The lowest BCUT2D eigenvalue weighted by atomic mass is 9.59. The van der Waals surface area contributed by atoms with Gasteiger partial charge in [-0.1, -0.05) is 13.8 Å². The molecular weight excluding hydrogens is 154 g/mol. The molecule has 62 valence electrons. The second-order valence-electron chi connectivity index (χ2n) is 4.30. The van der Waals surface area contributed by atoms with Gasteiger partial charge in [-0.3, -0.25) is 4.99 Å². The second kappa shape index (κ2) is 2.25. The van der Waals surface area contributed by atoms with Crippen molar-refractivity contribution in [2.75, 3.05) is 6.26 Å². The van der Waals surface area contributed by atoms with Gasteiger partial charge in [0.2, 0.25) is 0 Å². The van der Waals surface area contributed by atoms with Crippen molar-refractivity contribution in [3.05, 3.63) is 0 Å². The fourth-order valence-electron chi connectivity index (χ4n) is 2.30. The predicted molar refractivity (Wildman–Crippen MR) is 51.2 cm³/mol. The molecule has 0 aromatic carbocycles. The van der Waals surface area contributed by atoms with Crippen LogP contribution in [0.1, 0.15) is 26.7 Å². The van der Waals surface area contributed by atoms with Crippen LogP contribution in [-0.2, 0) is 0 Å². The molecule has 2 aliphatic rings. The molecule has 11 heavy (non-hydrogen) atoms. The number of hydrogen-bond acceptors (Lipinski definition) is 2. The molecule has 0 radical (unpaired) electrons. The van der Waals surface area contributed by atoms with Crippen molar-refractivity contribution in [3.63, 3.8) is 0 Å². The molecule has 0 aromatic heterocycles. The van der Waals surface area contributed by atoms with Gasteiger partial charge in [0.05, 0.1) is 11.1 Å². The lowest BCUT2D eigenvalue weighted by Crippen LogP contribution is -2.44. The fourth-order valence-corrected chi connectivity index (χ4v) is 2.89. The summed E-state index contributed by atoms with van der Waals surface area (Å²) >= 11 is 1.83. The minimum absolute atomic E-state index is 0.575. The van der Waals surface area contributed by atoms with Gasteiger partial charge in [0.15, 0.2) is 0 Å². The molecule has 0 saturated heterocycles. The summed E-state index contributed by atoms with van der Waals surface area (Å²) in [5.74, 6) is 0.866. The Morgan fingerprint density at radius 1 is 1.55 bits per heavy atom. The number of aliphatic imine (C=N–C) groups is 1. The quantitative estimate of drug-likeness (QED) is 0.543. The van der Waals surface area contributed by atoms with Gasteiger partial charge in [-0.25, -0.2) is 0 Å². The summed E-state index contributed by atoms with van der Waals surface area (Å²) in [4.78, 5) is 4.65. The van der Waals surface area contributed by atoms with Crippen molar-refractivity contribution in [2.24, 2.45) is 16.3 Å². The maximum atomic E-state index is 4.65. The Labute approximate surface area is 72.7 Å². The van der Waals surface area contributed by atoms with Gasteiger partial charge in [0.1, 0.15) is 0 Å². The molecule has 1 aliphatic carbocycles. The van der Waals surface area contributed by atoms with Crippen molar-refractivity contribution in [1.82, 2.24) is 0 Å². The van der Waals surface area contributed by atoms with Crippen molar-refractivity contribution >= 4 is 16.8 Å². The zero-order valence-corrected chi connectivity index (χ0v) is 8.24. The number of fused-ring (bicyclic) bond motifs is 1. The highest BCUT2D eigenvalue weighted by Gasteiger charge is 2.50. The Kier molecular flexibility index (Phi) is 1.57. The third-order valence-electron chi connectivity index (χ3n) is 3.14. The first-order valence-corrected chi connectivity index (χ1v) is 5.46. The second-order valence-corrected chi connectivity index (χ2v) is 5.18. The van der Waals surface area contributed by atoms with Gasteiger partial charge in [-0.2, -0.15) is 0 Å². The summed E-state index contributed by atoms with van der Waals surface area (Å²) in [6, 6.07) is 0.687. The first-order chi connectivity index (χ1) is 5.13. The van der Waals surface area contributed by atoms with Crippen LogP contribution in [0.4, 0.5) is 0 Å². The summed E-state index contributed by atoms with van der Waals surface area (Å²) in [5.41, 5.74) is 0.575. The van der Waals surface area contributed by atoms with Gasteiger partial charge >= 0.3 is 0 Å². The van der Waals surface area contributed by atoms with Crippen LogP contribution in [0, 0.1) is 11.3 Å². The summed E-state index contributed by atoms with van der Waals surface area (Å²) < 4.78 is 0. The molecule has 0 bridgehead atoms. The van der Waals surface area contributed by atoms with E-state index in [-0.39, 0.29) is 0 Å². The normalized spacial score (nSPS) is 39.4. The van der Waals surface area contributed by atoms with Crippen LogP contribution < -0.4 is 0 Å². The van der Waals surface area contributed by atoms with E-state index >= 15 is 0 Å². The van der Waals surface area contributed by atoms with Gasteiger partial charge in [-0.05, 0) is 24.0 Å². The zero-order valence-electron chi connectivity index (χ0n) is 7.42. The van der Waals surface area contributed by atoms with E-state index in [1.54, 1.807) is 0 Å². The summed E-state index contributed by atoms with van der Waals surface area (Å²) in [5, 5.41) is 1.38. The molecule has 2 atom stereocenters. The monoisotopic (exact) mass is 169 g/mol. The summed E-state index contributed by atoms with van der Waals surface area (Å²) in [6.07, 6.45) is 4.69. The van der Waals surface area contributed by atoms with Gasteiger partial charge < -0.3 is 0 Å². The maximum absolute atomic E-state index is 4.65. The molecule has 2 unspecified atom stereocenters. The summed E-state index contributed by atoms with van der Waals surface area (Å²) in [6.45, 7) is 4.74. The number of nitrogens with zero attached hydrogens (tertiary/aromatic N) is 1. The molecule has 0 N–H and O–H groups in total. The lowest BCUT2D eigenvalue weighted by molar-refractivity contribution is 0.0604. The van der Waals surface area contributed by atoms with E-state index in [9.17, 15) is 0 Å². The Morgan fingerprint density at radius 2 is 2.27 bits per heavy atom. The number of hydrogen-bond donors (Lipinski definition) is 0. The van der Waals surface area contributed by atoms with E-state index in [0.717, 1.165) is 5.92 Å². The molecule has 0 spiro atoms. The fraction of sp³-hybridized carbons (Fsp3) is 0.889. The maximum Gasteiger partial charge on any atom is 0.0680 e. The van der Waals surface area contributed by atoms with Gasteiger partial charge in [-0.15, -0.1) is 11.8 Å². The largest absolute Gasteiger partial charge is 0.279 e. The van der Waals surface area contributed by atoms with Gasteiger partial charge in [0, 0.05) is 6.42 Å². The van der Waals surface area contributed by atoms with E-state index in [0.29, 0.717) is 11.5 Å². The first-order valence-electron chi connectivity index (χ1n) is 4.24. The Balaban J connectivity index is 2.07. The van der Waals surface area contributed by atoms with Gasteiger partial charge in [0.25, 0.3) is 0 Å². The van der Waals surface area contributed by atoms with E-state index in [1.165, 1.54) is 17.9 Å². The first kappa shape index (κ1) is 7.66. The van der Waals surface area contributed by atoms with E-state index < -0.39 is 0 Å². The standard InChI is InChI=1S/C9H15NS/c1-9(2)5-7-6(9)4-8(10-7)11-3/h6-7H,4-5H2,1-3H3. The number of rotatable bonds is 0. The minimum Gasteiger partial charge on any atom is -0.279 e. The van der Waals surface area contributed by atoms with E-state index in [1.807, 2.05) is 11.8 Å². The van der Waals surface area contributed by atoms with Crippen molar-refractivity contribution in [1.29, 1.82) is 0 Å².